The zero-order valence-corrected chi connectivity index (χ0v) is 14.6. The van der Waals surface area contributed by atoms with Gasteiger partial charge in [0.15, 0.2) is 0 Å². The summed E-state index contributed by atoms with van der Waals surface area (Å²) in [6.45, 7) is 1.41. The van der Waals surface area contributed by atoms with Crippen LogP contribution in [-0.4, -0.2) is 11.7 Å². The first-order valence-corrected chi connectivity index (χ1v) is 8.59. The molecular weight excluding hydrogens is 336 g/mol. The number of nitrogens with zero attached hydrogens (tertiary/aromatic N) is 2. The minimum atomic E-state index is 0.384. The minimum absolute atomic E-state index is 0.384. The van der Waals surface area contributed by atoms with Crippen molar-refractivity contribution in [2.75, 3.05) is 7.11 Å². The van der Waals surface area contributed by atoms with Crippen molar-refractivity contribution in [1.29, 1.82) is 5.26 Å². The lowest BCUT2D eigenvalue weighted by molar-refractivity contribution is 0.306. The van der Waals surface area contributed by atoms with E-state index in [1.807, 2.05) is 18.2 Å². The molecule has 0 radical (unpaired) electrons. The predicted octanol–water partition coefficient (Wildman–Crippen LogP) is 4.70. The van der Waals surface area contributed by atoms with Gasteiger partial charge in [-0.2, -0.15) is 5.26 Å². The number of aryl methyl sites for hydroxylation is 1. The lowest BCUT2D eigenvalue weighted by Gasteiger charge is -2.09. The zero-order valence-electron chi connectivity index (χ0n) is 13.9. The number of benzene rings is 2. The second kappa shape index (κ2) is 6.34. The van der Waals surface area contributed by atoms with Gasteiger partial charge in [-0.25, -0.2) is 0 Å². The Morgan fingerprint density at radius 1 is 1.24 bits per heavy atom. The highest BCUT2D eigenvalue weighted by atomic mass is 35.5. The summed E-state index contributed by atoms with van der Waals surface area (Å²) in [4.78, 5) is 0. The summed E-state index contributed by atoms with van der Waals surface area (Å²) in [5.74, 6) is 1.34. The van der Waals surface area contributed by atoms with Crippen molar-refractivity contribution >= 4 is 22.5 Å². The number of methoxy groups -OCH3 is 1. The maximum Gasteiger partial charge on any atom is 0.136 e. The molecule has 2 aromatic carbocycles. The first kappa shape index (κ1) is 15.9. The third-order valence-corrected chi connectivity index (χ3v) is 5.08. The Bertz CT molecular complexity index is 1000. The second-order valence-corrected chi connectivity index (χ2v) is 6.51. The van der Waals surface area contributed by atoms with Crippen LogP contribution in [0.25, 0.3) is 10.9 Å². The highest BCUT2D eigenvalue weighted by Crippen LogP contribution is 2.37. The average molecular weight is 353 g/mol. The largest absolute Gasteiger partial charge is 0.495 e. The van der Waals surface area contributed by atoms with E-state index in [9.17, 15) is 5.26 Å². The third kappa shape index (κ3) is 2.71. The molecule has 1 aliphatic heterocycles. The quantitative estimate of drug-likeness (QED) is 0.683. The van der Waals surface area contributed by atoms with Crippen molar-refractivity contribution < 1.29 is 9.47 Å². The van der Waals surface area contributed by atoms with Crippen LogP contribution in [-0.2, 0) is 19.6 Å². The van der Waals surface area contributed by atoms with Crippen LogP contribution in [0.5, 0.6) is 11.5 Å². The summed E-state index contributed by atoms with van der Waals surface area (Å²) in [6, 6.07) is 13.7. The van der Waals surface area contributed by atoms with Crippen molar-refractivity contribution in [2.45, 2.75) is 26.0 Å². The smallest absolute Gasteiger partial charge is 0.136 e. The van der Waals surface area contributed by atoms with Crippen molar-refractivity contribution in [3.63, 3.8) is 0 Å². The van der Waals surface area contributed by atoms with E-state index in [2.05, 4.69) is 16.7 Å². The van der Waals surface area contributed by atoms with Crippen LogP contribution in [0.2, 0.25) is 5.02 Å². The van der Waals surface area contributed by atoms with Gasteiger partial charge >= 0.3 is 0 Å². The van der Waals surface area contributed by atoms with Gasteiger partial charge in [-0.3, -0.25) is 0 Å². The molecule has 4 rings (SSSR count). The Kier molecular flexibility index (Phi) is 4.03. The maximum atomic E-state index is 9.18. The van der Waals surface area contributed by atoms with Crippen LogP contribution in [0, 0.1) is 11.3 Å². The van der Waals surface area contributed by atoms with Crippen molar-refractivity contribution in [3.05, 3.63) is 58.2 Å². The van der Waals surface area contributed by atoms with Crippen LogP contribution in [0.4, 0.5) is 0 Å². The summed E-state index contributed by atoms with van der Waals surface area (Å²) in [5, 5.41) is 11.1. The summed E-state index contributed by atoms with van der Waals surface area (Å²) >= 11 is 6.54. The van der Waals surface area contributed by atoms with E-state index in [1.165, 1.54) is 11.2 Å². The standard InChI is InChI=1S/C20H17ClN2O2/c1-24-19-7-4-13(9-14(19)11-22)12-25-15-5-6-17-16(10-15)20(21)18-3-2-8-23(17)18/h4-7,9-10H,2-3,8,12H2,1H3. The Morgan fingerprint density at radius 3 is 2.92 bits per heavy atom. The molecule has 0 saturated heterocycles. The van der Waals surface area contributed by atoms with E-state index in [1.54, 1.807) is 19.2 Å². The molecule has 0 aliphatic carbocycles. The predicted molar refractivity (Wildman–Crippen MR) is 97.3 cm³/mol. The zero-order chi connectivity index (χ0) is 17.4. The van der Waals surface area contributed by atoms with Gasteiger partial charge < -0.3 is 14.0 Å². The highest BCUT2D eigenvalue weighted by molar-refractivity contribution is 6.36. The van der Waals surface area contributed by atoms with Crippen molar-refractivity contribution in [3.8, 4) is 17.6 Å². The topological polar surface area (TPSA) is 47.2 Å². The van der Waals surface area contributed by atoms with Crippen molar-refractivity contribution in [2.24, 2.45) is 0 Å². The Balaban J connectivity index is 1.58. The third-order valence-electron chi connectivity index (χ3n) is 4.66. The van der Waals surface area contributed by atoms with E-state index >= 15 is 0 Å². The van der Waals surface area contributed by atoms with Gasteiger partial charge in [0.2, 0.25) is 0 Å². The van der Waals surface area contributed by atoms with Crippen LogP contribution < -0.4 is 9.47 Å². The molecule has 0 bridgehead atoms. The number of ether oxygens (including phenoxy) is 2. The summed E-state index contributed by atoms with van der Waals surface area (Å²) in [5.41, 5.74) is 3.82. The van der Waals surface area contributed by atoms with E-state index in [0.29, 0.717) is 17.9 Å². The number of hydrogen-bond donors (Lipinski definition) is 0. The number of hydrogen-bond acceptors (Lipinski definition) is 3. The summed E-state index contributed by atoms with van der Waals surface area (Å²) < 4.78 is 13.4. The lowest BCUT2D eigenvalue weighted by Crippen LogP contribution is -1.97. The molecule has 2 heterocycles. The molecule has 1 aromatic heterocycles. The fraction of sp³-hybridized carbons (Fsp3) is 0.250. The van der Waals surface area contributed by atoms with Crippen LogP contribution in [0.15, 0.2) is 36.4 Å². The molecule has 0 N–H and O–H groups in total. The first-order chi connectivity index (χ1) is 12.2. The highest BCUT2D eigenvalue weighted by Gasteiger charge is 2.20. The van der Waals surface area contributed by atoms with Gasteiger partial charge in [-0.15, -0.1) is 0 Å². The number of aromatic nitrogens is 1. The average Bonchev–Trinajstić information content (AvgIpc) is 3.23. The lowest BCUT2D eigenvalue weighted by atomic mass is 10.1. The first-order valence-electron chi connectivity index (χ1n) is 8.21. The Hall–Kier alpha value is -2.64. The van der Waals surface area contributed by atoms with E-state index in [4.69, 9.17) is 21.1 Å². The molecule has 0 fully saturated rings. The molecule has 0 spiro atoms. The van der Waals surface area contributed by atoms with E-state index in [-0.39, 0.29) is 0 Å². The SMILES string of the molecule is COc1ccc(COc2ccc3c(c2)c(Cl)c2n3CCC2)cc1C#N. The van der Waals surface area contributed by atoms with Gasteiger partial charge in [0.05, 0.1) is 23.2 Å². The minimum Gasteiger partial charge on any atom is -0.495 e. The molecule has 0 atom stereocenters. The fourth-order valence-corrected chi connectivity index (χ4v) is 3.79. The van der Waals surface area contributed by atoms with Crippen LogP contribution in [0.3, 0.4) is 0 Å². The summed E-state index contributed by atoms with van der Waals surface area (Å²) in [6.07, 6.45) is 2.19. The van der Waals surface area contributed by atoms with Crippen LogP contribution in [0.1, 0.15) is 23.2 Å². The maximum absolute atomic E-state index is 9.18. The Labute approximate surface area is 151 Å². The van der Waals surface area contributed by atoms with Gasteiger partial charge in [-0.1, -0.05) is 17.7 Å². The molecule has 3 aromatic rings. The molecule has 0 amide bonds. The monoisotopic (exact) mass is 352 g/mol. The van der Waals surface area contributed by atoms with Crippen molar-refractivity contribution in [1.82, 2.24) is 4.57 Å². The fourth-order valence-electron chi connectivity index (χ4n) is 3.44. The number of halogens is 1. The number of nitriles is 1. The molecular formula is C20H17ClN2O2. The molecule has 5 heteroatoms. The number of rotatable bonds is 4. The molecule has 0 unspecified atom stereocenters. The van der Waals surface area contributed by atoms with Gasteiger partial charge in [0, 0.05) is 17.6 Å². The molecule has 4 nitrogen and oxygen atoms in total. The van der Waals surface area contributed by atoms with Gasteiger partial charge in [0.1, 0.15) is 24.2 Å². The Morgan fingerprint density at radius 2 is 2.12 bits per heavy atom. The second-order valence-electron chi connectivity index (χ2n) is 6.13. The van der Waals surface area contributed by atoms with Crippen LogP contribution >= 0.6 is 11.6 Å². The molecule has 1 aliphatic rings. The normalized spacial score (nSPS) is 12.8. The molecule has 0 saturated carbocycles. The summed E-state index contributed by atoms with van der Waals surface area (Å²) in [7, 11) is 1.56. The van der Waals surface area contributed by atoms with Gasteiger partial charge in [0.25, 0.3) is 0 Å². The molecule has 126 valence electrons. The van der Waals surface area contributed by atoms with E-state index in [0.717, 1.165) is 41.1 Å². The molecule has 25 heavy (non-hydrogen) atoms. The van der Waals surface area contributed by atoms with E-state index < -0.39 is 0 Å². The van der Waals surface area contributed by atoms with Gasteiger partial charge in [-0.05, 0) is 48.7 Å². The number of fused-ring (bicyclic) bond motifs is 3.